The molecule has 2 atom stereocenters. The Bertz CT molecular complexity index is 521. The molecular formula is C15H19BrN2O2. The first-order chi connectivity index (χ1) is 9.69. The third-order valence-corrected chi connectivity index (χ3v) is 4.84. The highest BCUT2D eigenvalue weighted by molar-refractivity contribution is 9.10. The summed E-state index contributed by atoms with van der Waals surface area (Å²) >= 11 is 3.49. The predicted molar refractivity (Wildman–Crippen MR) is 80.6 cm³/mol. The molecule has 3 rings (SSSR count). The summed E-state index contributed by atoms with van der Waals surface area (Å²) in [5, 5.41) is 3.47. The van der Waals surface area contributed by atoms with Crippen LogP contribution in [0.25, 0.3) is 0 Å². The van der Waals surface area contributed by atoms with E-state index in [1.807, 2.05) is 23.1 Å². The van der Waals surface area contributed by atoms with Crippen LogP contribution in [0.3, 0.4) is 0 Å². The summed E-state index contributed by atoms with van der Waals surface area (Å²) in [5.41, 5.74) is 1.13. The molecule has 2 heterocycles. The monoisotopic (exact) mass is 338 g/mol. The number of rotatable bonds is 3. The fourth-order valence-corrected chi connectivity index (χ4v) is 3.76. The van der Waals surface area contributed by atoms with Crippen LogP contribution in [0.15, 0.2) is 22.7 Å². The van der Waals surface area contributed by atoms with E-state index < -0.39 is 0 Å². The number of methoxy groups -OCH3 is 1. The Hall–Kier alpha value is -1.07. The number of likely N-dealkylation sites (tertiary alicyclic amines) is 1. The maximum absolute atomic E-state index is 12.4. The maximum Gasteiger partial charge on any atom is 0.227 e. The third-order valence-electron chi connectivity index (χ3n) is 4.22. The van der Waals surface area contributed by atoms with Crippen molar-refractivity contribution >= 4 is 21.8 Å². The molecule has 0 saturated carbocycles. The van der Waals surface area contributed by atoms with Crippen molar-refractivity contribution in [2.75, 3.05) is 20.2 Å². The van der Waals surface area contributed by atoms with Gasteiger partial charge in [0.1, 0.15) is 5.75 Å². The van der Waals surface area contributed by atoms with Crippen molar-refractivity contribution in [2.45, 2.75) is 25.4 Å². The van der Waals surface area contributed by atoms with Crippen molar-refractivity contribution < 1.29 is 9.53 Å². The Kier molecular flexibility index (Phi) is 3.98. The van der Waals surface area contributed by atoms with Gasteiger partial charge in [-0.15, -0.1) is 0 Å². The first-order valence-corrected chi connectivity index (χ1v) is 7.83. The molecule has 1 N–H and O–H groups in total. The number of halogens is 1. The SMILES string of the molecule is COc1ccc(CN2CC3NCCCC3C2=O)cc1Br. The molecule has 5 heteroatoms. The summed E-state index contributed by atoms with van der Waals surface area (Å²) in [4.78, 5) is 14.4. The van der Waals surface area contributed by atoms with Crippen molar-refractivity contribution in [1.82, 2.24) is 10.2 Å². The van der Waals surface area contributed by atoms with Crippen LogP contribution in [-0.2, 0) is 11.3 Å². The molecular weight excluding hydrogens is 320 g/mol. The quantitative estimate of drug-likeness (QED) is 0.918. The number of fused-ring (bicyclic) bond motifs is 1. The van der Waals surface area contributed by atoms with E-state index in [0.29, 0.717) is 18.5 Å². The predicted octanol–water partition coefficient (Wildman–Crippen LogP) is 2.17. The molecule has 2 unspecified atom stereocenters. The molecule has 2 aliphatic heterocycles. The van der Waals surface area contributed by atoms with Crippen molar-refractivity contribution in [3.63, 3.8) is 0 Å². The lowest BCUT2D eigenvalue weighted by Crippen LogP contribution is -2.41. The zero-order valence-corrected chi connectivity index (χ0v) is 13.1. The van der Waals surface area contributed by atoms with Crippen LogP contribution in [0.5, 0.6) is 5.75 Å². The van der Waals surface area contributed by atoms with Crippen LogP contribution in [0.4, 0.5) is 0 Å². The van der Waals surface area contributed by atoms with E-state index in [0.717, 1.165) is 41.7 Å². The van der Waals surface area contributed by atoms with Crippen LogP contribution in [0.1, 0.15) is 18.4 Å². The Labute approximate surface area is 127 Å². The minimum absolute atomic E-state index is 0.186. The van der Waals surface area contributed by atoms with Crippen LogP contribution < -0.4 is 10.1 Å². The maximum atomic E-state index is 12.4. The number of ether oxygens (including phenoxy) is 1. The van der Waals surface area contributed by atoms with E-state index in [1.165, 1.54) is 0 Å². The molecule has 2 saturated heterocycles. The molecule has 0 spiro atoms. The van der Waals surface area contributed by atoms with Gasteiger partial charge in [0.15, 0.2) is 0 Å². The second-order valence-electron chi connectivity index (χ2n) is 5.50. The van der Waals surface area contributed by atoms with Gasteiger partial charge < -0.3 is 15.0 Å². The van der Waals surface area contributed by atoms with Gasteiger partial charge in [0.2, 0.25) is 5.91 Å². The Morgan fingerprint density at radius 2 is 2.35 bits per heavy atom. The molecule has 108 valence electrons. The van der Waals surface area contributed by atoms with Gasteiger partial charge in [0.25, 0.3) is 0 Å². The molecule has 1 aromatic carbocycles. The topological polar surface area (TPSA) is 41.6 Å². The Morgan fingerprint density at radius 3 is 3.05 bits per heavy atom. The van der Waals surface area contributed by atoms with Gasteiger partial charge >= 0.3 is 0 Å². The molecule has 0 radical (unpaired) electrons. The number of piperidine rings is 1. The highest BCUT2D eigenvalue weighted by atomic mass is 79.9. The first kappa shape index (κ1) is 13.9. The number of benzene rings is 1. The Morgan fingerprint density at radius 1 is 1.50 bits per heavy atom. The lowest BCUT2D eigenvalue weighted by Gasteiger charge is -2.23. The van der Waals surface area contributed by atoms with Crippen molar-refractivity contribution in [3.05, 3.63) is 28.2 Å². The lowest BCUT2D eigenvalue weighted by molar-refractivity contribution is -0.131. The van der Waals surface area contributed by atoms with Crippen molar-refractivity contribution in [1.29, 1.82) is 0 Å². The van der Waals surface area contributed by atoms with Gasteiger partial charge in [-0.1, -0.05) is 6.07 Å². The third kappa shape index (κ3) is 2.56. The summed E-state index contributed by atoms with van der Waals surface area (Å²) < 4.78 is 6.16. The number of hydrogen-bond donors (Lipinski definition) is 1. The Balaban J connectivity index is 1.72. The molecule has 1 aromatic rings. The number of hydrogen-bond acceptors (Lipinski definition) is 3. The van der Waals surface area contributed by atoms with Gasteiger partial charge in [0.05, 0.1) is 17.5 Å². The average Bonchev–Trinajstić information content (AvgIpc) is 2.76. The smallest absolute Gasteiger partial charge is 0.227 e. The zero-order chi connectivity index (χ0) is 14.1. The van der Waals surface area contributed by atoms with Gasteiger partial charge in [-0.2, -0.15) is 0 Å². The van der Waals surface area contributed by atoms with Gasteiger partial charge in [0, 0.05) is 19.1 Å². The standard InChI is InChI=1S/C15H19BrN2O2/c1-20-14-5-4-10(7-12(14)16)8-18-9-13-11(15(18)19)3-2-6-17-13/h4-5,7,11,13,17H,2-3,6,8-9H2,1H3. The van der Waals surface area contributed by atoms with Crippen LogP contribution in [0, 0.1) is 5.92 Å². The first-order valence-electron chi connectivity index (χ1n) is 7.03. The molecule has 0 aromatic heterocycles. The second kappa shape index (κ2) is 5.74. The highest BCUT2D eigenvalue weighted by Crippen LogP contribution is 2.30. The largest absolute Gasteiger partial charge is 0.496 e. The molecule has 4 nitrogen and oxygen atoms in total. The number of carbonyl (C=O) groups is 1. The van der Waals surface area contributed by atoms with Crippen molar-refractivity contribution in [3.8, 4) is 5.75 Å². The summed E-state index contributed by atoms with van der Waals surface area (Å²) in [6, 6.07) is 6.33. The molecule has 2 aliphatic rings. The van der Waals surface area contributed by atoms with E-state index in [-0.39, 0.29) is 5.92 Å². The minimum atomic E-state index is 0.186. The van der Waals surface area contributed by atoms with E-state index in [1.54, 1.807) is 7.11 Å². The fraction of sp³-hybridized carbons (Fsp3) is 0.533. The summed E-state index contributed by atoms with van der Waals surface area (Å²) in [6.45, 7) is 2.54. The zero-order valence-electron chi connectivity index (χ0n) is 11.6. The summed E-state index contributed by atoms with van der Waals surface area (Å²) in [5.74, 6) is 1.30. The van der Waals surface area contributed by atoms with Crippen molar-refractivity contribution in [2.24, 2.45) is 5.92 Å². The fourth-order valence-electron chi connectivity index (χ4n) is 3.17. The van der Waals surface area contributed by atoms with Crippen LogP contribution >= 0.6 is 15.9 Å². The number of amides is 1. The lowest BCUT2D eigenvalue weighted by atomic mass is 9.94. The highest BCUT2D eigenvalue weighted by Gasteiger charge is 2.41. The van der Waals surface area contributed by atoms with Gasteiger partial charge in [-0.05, 0) is 53.0 Å². The minimum Gasteiger partial charge on any atom is -0.496 e. The average molecular weight is 339 g/mol. The van der Waals surface area contributed by atoms with E-state index in [4.69, 9.17) is 4.74 Å². The van der Waals surface area contributed by atoms with Crippen LogP contribution in [-0.4, -0.2) is 37.0 Å². The molecule has 0 bridgehead atoms. The van der Waals surface area contributed by atoms with Gasteiger partial charge in [-0.3, -0.25) is 4.79 Å². The second-order valence-corrected chi connectivity index (χ2v) is 6.35. The van der Waals surface area contributed by atoms with E-state index in [9.17, 15) is 4.79 Å². The molecule has 0 aliphatic carbocycles. The number of nitrogens with zero attached hydrogens (tertiary/aromatic N) is 1. The van der Waals surface area contributed by atoms with Crippen LogP contribution in [0.2, 0.25) is 0 Å². The molecule has 1 amide bonds. The summed E-state index contributed by atoms with van der Waals surface area (Å²) in [6.07, 6.45) is 2.13. The van der Waals surface area contributed by atoms with E-state index >= 15 is 0 Å². The number of carbonyl (C=O) groups excluding carboxylic acids is 1. The normalized spacial score (nSPS) is 25.7. The number of nitrogens with one attached hydrogen (secondary N) is 1. The molecule has 20 heavy (non-hydrogen) atoms. The summed E-state index contributed by atoms with van der Waals surface area (Å²) in [7, 11) is 1.65. The van der Waals surface area contributed by atoms with Gasteiger partial charge in [-0.25, -0.2) is 0 Å². The molecule has 2 fully saturated rings. The van der Waals surface area contributed by atoms with E-state index in [2.05, 4.69) is 21.2 Å².